The smallest absolute Gasteiger partial charge is 0.257 e. The van der Waals surface area contributed by atoms with Crippen molar-refractivity contribution < 1.29 is 18.3 Å². The molecule has 0 bridgehead atoms. The summed E-state index contributed by atoms with van der Waals surface area (Å²) in [5.74, 6) is -0.469. The third-order valence-corrected chi connectivity index (χ3v) is 6.25. The SMILES string of the molecule is Cn1nc(-c2ccc(F)cc2)c(-c2ccc3nc(NC(=O)c4ccnc(F)c4)cn3n2)c1N1CCOCC1. The zero-order valence-corrected chi connectivity index (χ0v) is 20.3. The number of halogens is 2. The van der Waals surface area contributed by atoms with E-state index in [1.54, 1.807) is 33.6 Å². The molecule has 1 amide bonds. The molecule has 1 fully saturated rings. The van der Waals surface area contributed by atoms with Crippen LogP contribution in [0.25, 0.3) is 28.2 Å². The molecule has 38 heavy (non-hydrogen) atoms. The number of fused-ring (bicyclic) bond motifs is 1. The van der Waals surface area contributed by atoms with Crippen molar-refractivity contribution in [3.05, 3.63) is 78.3 Å². The number of hydrogen-bond acceptors (Lipinski definition) is 7. The Morgan fingerprint density at radius 2 is 1.82 bits per heavy atom. The van der Waals surface area contributed by atoms with Crippen LogP contribution in [0.5, 0.6) is 0 Å². The molecule has 4 aromatic heterocycles. The fourth-order valence-electron chi connectivity index (χ4n) is 4.51. The molecule has 192 valence electrons. The summed E-state index contributed by atoms with van der Waals surface area (Å²) in [6.07, 6.45) is 2.80. The molecule has 5 heterocycles. The Morgan fingerprint density at radius 1 is 1.03 bits per heavy atom. The monoisotopic (exact) mass is 516 g/mol. The first-order valence-corrected chi connectivity index (χ1v) is 11.9. The summed E-state index contributed by atoms with van der Waals surface area (Å²) in [6.45, 7) is 2.56. The van der Waals surface area contributed by atoms with Crippen molar-refractivity contribution in [2.45, 2.75) is 0 Å². The maximum Gasteiger partial charge on any atom is 0.257 e. The van der Waals surface area contributed by atoms with E-state index in [4.69, 9.17) is 14.9 Å². The number of imidazole rings is 1. The predicted octanol–water partition coefficient (Wildman–Crippen LogP) is 3.56. The summed E-state index contributed by atoms with van der Waals surface area (Å²) in [4.78, 5) is 22.6. The Bertz CT molecular complexity index is 1640. The lowest BCUT2D eigenvalue weighted by Crippen LogP contribution is -2.37. The second-order valence-corrected chi connectivity index (χ2v) is 8.75. The van der Waals surface area contributed by atoms with Gasteiger partial charge < -0.3 is 15.0 Å². The molecule has 12 heteroatoms. The van der Waals surface area contributed by atoms with Crippen LogP contribution in [0.2, 0.25) is 0 Å². The number of nitrogens with one attached hydrogen (secondary N) is 1. The molecule has 0 saturated carbocycles. The van der Waals surface area contributed by atoms with Crippen LogP contribution < -0.4 is 10.2 Å². The van der Waals surface area contributed by atoms with Crippen LogP contribution in [0.1, 0.15) is 10.4 Å². The first-order chi connectivity index (χ1) is 18.5. The molecule has 1 saturated heterocycles. The minimum Gasteiger partial charge on any atom is -0.378 e. The minimum absolute atomic E-state index is 0.123. The highest BCUT2D eigenvalue weighted by atomic mass is 19.1. The highest BCUT2D eigenvalue weighted by Gasteiger charge is 2.26. The maximum atomic E-state index is 13.7. The first-order valence-electron chi connectivity index (χ1n) is 11.9. The van der Waals surface area contributed by atoms with Crippen molar-refractivity contribution in [2.24, 2.45) is 7.05 Å². The van der Waals surface area contributed by atoms with Crippen molar-refractivity contribution in [3.63, 3.8) is 0 Å². The number of nitrogens with zero attached hydrogens (tertiary/aromatic N) is 7. The van der Waals surface area contributed by atoms with Gasteiger partial charge in [0.2, 0.25) is 5.95 Å². The molecule has 1 aliphatic rings. The van der Waals surface area contributed by atoms with Crippen molar-refractivity contribution in [2.75, 3.05) is 36.5 Å². The largest absolute Gasteiger partial charge is 0.378 e. The zero-order valence-electron chi connectivity index (χ0n) is 20.3. The standard InChI is InChI=1S/C26H22F2N8O2/c1-34-26(35-10-12-38-13-11-35)23(24(33-34)16-2-4-18(27)5-3-16)19-6-7-22-30-21(15-36(22)32-19)31-25(37)17-8-9-29-20(28)14-17/h2-9,14-15H,10-13H2,1H3,(H,31,37). The van der Waals surface area contributed by atoms with Crippen LogP contribution in [0.4, 0.5) is 20.4 Å². The quantitative estimate of drug-likeness (QED) is 0.357. The highest BCUT2D eigenvalue weighted by Crippen LogP contribution is 2.39. The number of ether oxygens (including phenoxy) is 1. The number of aromatic nitrogens is 6. The minimum atomic E-state index is -0.747. The van der Waals surface area contributed by atoms with Gasteiger partial charge in [-0.3, -0.25) is 9.48 Å². The third kappa shape index (κ3) is 4.45. The summed E-state index contributed by atoms with van der Waals surface area (Å²) in [7, 11) is 1.87. The Labute approximate surface area is 215 Å². The summed E-state index contributed by atoms with van der Waals surface area (Å²) in [5, 5.41) is 12.2. The number of pyridine rings is 1. The van der Waals surface area contributed by atoms with E-state index in [1.165, 1.54) is 24.4 Å². The van der Waals surface area contributed by atoms with Gasteiger partial charge in [-0.25, -0.2) is 18.9 Å². The number of aryl methyl sites for hydroxylation is 1. The summed E-state index contributed by atoms with van der Waals surface area (Å²) in [5.41, 5.74) is 3.45. The lowest BCUT2D eigenvalue weighted by molar-refractivity contribution is 0.102. The average molecular weight is 517 g/mol. The van der Waals surface area contributed by atoms with Crippen molar-refractivity contribution in [1.82, 2.24) is 29.4 Å². The Hall–Kier alpha value is -4.71. The van der Waals surface area contributed by atoms with E-state index in [0.29, 0.717) is 43.3 Å². The van der Waals surface area contributed by atoms with Crippen LogP contribution in [0, 0.1) is 11.8 Å². The molecule has 0 unspecified atom stereocenters. The van der Waals surface area contributed by atoms with Gasteiger partial charge in [0, 0.05) is 43.5 Å². The van der Waals surface area contributed by atoms with Crippen LogP contribution >= 0.6 is 0 Å². The van der Waals surface area contributed by atoms with Gasteiger partial charge in [0.15, 0.2) is 11.5 Å². The highest BCUT2D eigenvalue weighted by molar-refractivity contribution is 6.03. The Balaban J connectivity index is 1.41. The summed E-state index contributed by atoms with van der Waals surface area (Å²) < 4.78 is 36.0. The molecule has 1 aromatic carbocycles. The van der Waals surface area contributed by atoms with E-state index in [2.05, 4.69) is 20.2 Å². The Morgan fingerprint density at radius 3 is 2.58 bits per heavy atom. The summed E-state index contributed by atoms with van der Waals surface area (Å²) >= 11 is 0. The molecule has 10 nitrogen and oxygen atoms in total. The topological polar surface area (TPSA) is 102 Å². The van der Waals surface area contributed by atoms with E-state index >= 15 is 0 Å². The lowest BCUT2D eigenvalue weighted by Gasteiger charge is -2.29. The van der Waals surface area contributed by atoms with Crippen molar-refractivity contribution >= 4 is 23.2 Å². The van der Waals surface area contributed by atoms with Crippen LogP contribution in [-0.4, -0.2) is 61.6 Å². The second kappa shape index (κ2) is 9.63. The number of amides is 1. The van der Waals surface area contributed by atoms with Gasteiger partial charge in [-0.2, -0.15) is 14.6 Å². The molecule has 0 atom stereocenters. The van der Waals surface area contributed by atoms with E-state index in [9.17, 15) is 13.6 Å². The van der Waals surface area contributed by atoms with E-state index in [1.807, 2.05) is 13.1 Å². The molecule has 6 rings (SSSR count). The average Bonchev–Trinajstić information content (AvgIpc) is 3.49. The third-order valence-electron chi connectivity index (χ3n) is 6.25. The normalized spacial score (nSPS) is 13.7. The van der Waals surface area contributed by atoms with E-state index in [0.717, 1.165) is 23.0 Å². The number of hydrogen-bond donors (Lipinski definition) is 1. The van der Waals surface area contributed by atoms with E-state index in [-0.39, 0.29) is 17.2 Å². The predicted molar refractivity (Wildman–Crippen MR) is 136 cm³/mol. The molecule has 0 spiro atoms. The summed E-state index contributed by atoms with van der Waals surface area (Å²) in [6, 6.07) is 12.3. The molecule has 1 N–H and O–H groups in total. The molecule has 0 radical (unpaired) electrons. The number of benzene rings is 1. The van der Waals surface area contributed by atoms with Gasteiger partial charge in [-0.1, -0.05) is 0 Å². The molecule has 1 aliphatic heterocycles. The first kappa shape index (κ1) is 23.7. The zero-order chi connectivity index (χ0) is 26.2. The molecular formula is C26H22F2N8O2. The maximum absolute atomic E-state index is 13.7. The van der Waals surface area contributed by atoms with Gasteiger partial charge >= 0.3 is 0 Å². The molecule has 0 aliphatic carbocycles. The number of carbonyl (C=O) groups is 1. The fraction of sp³-hybridized carbons (Fsp3) is 0.192. The number of morpholine rings is 1. The van der Waals surface area contributed by atoms with Gasteiger partial charge in [-0.05, 0) is 42.5 Å². The number of rotatable bonds is 5. The lowest BCUT2D eigenvalue weighted by atomic mass is 10.0. The fourth-order valence-corrected chi connectivity index (χ4v) is 4.51. The molecular weight excluding hydrogens is 494 g/mol. The second-order valence-electron chi connectivity index (χ2n) is 8.75. The van der Waals surface area contributed by atoms with E-state index < -0.39 is 11.9 Å². The number of carbonyl (C=O) groups excluding carboxylic acids is 1. The van der Waals surface area contributed by atoms with Gasteiger partial charge in [-0.15, -0.1) is 0 Å². The van der Waals surface area contributed by atoms with Crippen molar-refractivity contribution in [1.29, 1.82) is 0 Å². The van der Waals surface area contributed by atoms with Crippen LogP contribution in [0.3, 0.4) is 0 Å². The van der Waals surface area contributed by atoms with Crippen LogP contribution in [0.15, 0.2) is 60.9 Å². The van der Waals surface area contributed by atoms with Crippen LogP contribution in [-0.2, 0) is 11.8 Å². The van der Waals surface area contributed by atoms with Crippen molar-refractivity contribution in [3.8, 4) is 22.5 Å². The Kier molecular flexibility index (Phi) is 6.00. The molecule has 5 aromatic rings. The van der Waals surface area contributed by atoms with Gasteiger partial charge in [0.05, 0.1) is 30.7 Å². The number of anilines is 2. The van der Waals surface area contributed by atoms with Gasteiger partial charge in [0.25, 0.3) is 5.91 Å². The van der Waals surface area contributed by atoms with Gasteiger partial charge in [0.1, 0.15) is 17.3 Å².